The molecule has 0 unspecified atom stereocenters. The third kappa shape index (κ3) is 2.80. The maximum absolute atomic E-state index is 12.6. The molecule has 0 aliphatic heterocycles. The van der Waals surface area contributed by atoms with E-state index in [9.17, 15) is 9.65 Å². The predicted octanol–water partition coefficient (Wildman–Crippen LogP) is 4.81. The van der Waals surface area contributed by atoms with Crippen molar-refractivity contribution in [2.45, 2.75) is 5.16 Å². The zero-order chi connectivity index (χ0) is 15.4. The average molecular weight is 364 g/mol. The van der Waals surface area contributed by atoms with Crippen LogP contribution in [0.1, 0.15) is 16.7 Å². The maximum Gasteiger partial charge on any atom is 0.176 e. The van der Waals surface area contributed by atoms with E-state index in [4.69, 9.17) is 0 Å². The fourth-order valence-corrected chi connectivity index (χ4v) is 3.17. The molecule has 1 aromatic carbocycles. The minimum absolute atomic E-state index is 0.514. The molecule has 2 rings (SSSR count). The van der Waals surface area contributed by atoms with Crippen molar-refractivity contribution in [2.24, 2.45) is 0 Å². The molecule has 0 amide bonds. The summed E-state index contributed by atoms with van der Waals surface area (Å²) in [5.74, 6) is 0. The molecular weight excluding hydrogens is 353 g/mol. The molecule has 0 fully saturated rings. The zero-order valence-electron chi connectivity index (χ0n) is 11.0. The summed E-state index contributed by atoms with van der Waals surface area (Å²) in [6.07, 6.45) is 4.88. The first-order valence-electron chi connectivity index (χ1n) is 5.92. The van der Waals surface area contributed by atoms with Crippen molar-refractivity contribution in [1.29, 1.82) is 5.26 Å². The van der Waals surface area contributed by atoms with Gasteiger partial charge >= 0.3 is 0 Å². The van der Waals surface area contributed by atoms with E-state index >= 15 is 0 Å². The lowest BCUT2D eigenvalue weighted by Gasteiger charge is -2.14. The van der Waals surface area contributed by atoms with Crippen molar-refractivity contribution in [1.82, 2.24) is 9.55 Å². The van der Waals surface area contributed by atoms with Gasteiger partial charge in [0.25, 0.3) is 0 Å². The number of aromatic nitrogens is 2. The number of alkyl halides is 1. The normalized spacial score (nSPS) is 10.1. The van der Waals surface area contributed by atoms with Crippen molar-refractivity contribution in [3.05, 3.63) is 52.8 Å². The number of thioether (sulfide) groups is 1. The second-order valence-corrected chi connectivity index (χ2v) is 5.62. The monoisotopic (exact) mass is 363 g/mol. The lowest BCUT2D eigenvalue weighted by molar-refractivity contribution is 0.603. The van der Waals surface area contributed by atoms with E-state index in [2.05, 4.69) is 40.1 Å². The van der Waals surface area contributed by atoms with Gasteiger partial charge in [-0.1, -0.05) is 37.1 Å². The van der Waals surface area contributed by atoms with Crippen molar-refractivity contribution >= 4 is 39.8 Å². The molecule has 0 radical (unpaired) electrons. The number of halogens is 2. The van der Waals surface area contributed by atoms with Gasteiger partial charge in [0.1, 0.15) is 10.6 Å². The van der Waals surface area contributed by atoms with Crippen LogP contribution in [0.4, 0.5) is 4.39 Å². The molecule has 1 aromatic heterocycles. The summed E-state index contributed by atoms with van der Waals surface area (Å²) in [5, 5.41) is 9.69. The van der Waals surface area contributed by atoms with Crippen LogP contribution in [0.3, 0.4) is 0 Å². The van der Waals surface area contributed by atoms with Gasteiger partial charge in [0, 0.05) is 11.1 Å². The third-order valence-electron chi connectivity index (χ3n) is 2.90. The topological polar surface area (TPSA) is 41.6 Å². The second-order valence-electron chi connectivity index (χ2n) is 3.93. The number of hydrogen-bond acceptors (Lipinski definition) is 3. The minimum atomic E-state index is -0.572. The number of rotatable bonds is 5. The Labute approximate surface area is 134 Å². The number of nitriles is 1. The highest BCUT2D eigenvalue weighted by atomic mass is 79.9. The molecule has 0 saturated carbocycles. The van der Waals surface area contributed by atoms with E-state index < -0.39 is 6.01 Å². The summed E-state index contributed by atoms with van der Waals surface area (Å²) < 4.78 is 15.1. The molecule has 21 heavy (non-hydrogen) atoms. The number of imidazole rings is 1. The minimum Gasteiger partial charge on any atom is -0.281 e. The van der Waals surface area contributed by atoms with E-state index in [0.717, 1.165) is 23.0 Å². The zero-order valence-corrected chi connectivity index (χ0v) is 13.4. The van der Waals surface area contributed by atoms with E-state index in [0.29, 0.717) is 20.9 Å². The van der Waals surface area contributed by atoms with Crippen LogP contribution < -0.4 is 0 Å². The summed E-state index contributed by atoms with van der Waals surface area (Å²) in [6, 6.07) is 5.05. The number of hydrogen-bond donors (Lipinski definition) is 0. The van der Waals surface area contributed by atoms with Crippen LogP contribution in [0.2, 0.25) is 0 Å². The van der Waals surface area contributed by atoms with E-state index in [-0.39, 0.29) is 0 Å². The van der Waals surface area contributed by atoms with Crippen LogP contribution in [-0.4, -0.2) is 15.6 Å². The number of nitrogens with zero attached hydrogens (tertiary/aromatic N) is 3. The summed E-state index contributed by atoms with van der Waals surface area (Å²) in [6.45, 7) is 7.55. The van der Waals surface area contributed by atoms with E-state index in [1.54, 1.807) is 35.0 Å². The highest BCUT2D eigenvalue weighted by molar-refractivity contribution is 9.10. The number of benzene rings is 1. The summed E-state index contributed by atoms with van der Waals surface area (Å²) in [5.41, 5.74) is 2.73. The molecule has 0 N–H and O–H groups in total. The van der Waals surface area contributed by atoms with Crippen molar-refractivity contribution in [3.63, 3.8) is 0 Å². The van der Waals surface area contributed by atoms with Gasteiger partial charge in [-0.05, 0) is 28.1 Å². The fourth-order valence-electron chi connectivity index (χ4n) is 2.04. The van der Waals surface area contributed by atoms with Crippen LogP contribution >= 0.6 is 27.7 Å². The predicted molar refractivity (Wildman–Crippen MR) is 88.0 cm³/mol. The Morgan fingerprint density at radius 1 is 1.38 bits per heavy atom. The van der Waals surface area contributed by atoms with Crippen LogP contribution in [-0.2, 0) is 0 Å². The third-order valence-corrected chi connectivity index (χ3v) is 4.12. The Hall–Kier alpha value is -1.84. The molecule has 3 nitrogen and oxygen atoms in total. The molecule has 6 heteroatoms. The molecule has 0 aliphatic carbocycles. The molecule has 0 atom stereocenters. The fraction of sp³-hybridized carbons (Fsp3) is 0.0667. The Morgan fingerprint density at radius 2 is 2.10 bits per heavy atom. The molecule has 0 saturated heterocycles. The van der Waals surface area contributed by atoms with Crippen molar-refractivity contribution in [2.75, 3.05) is 6.01 Å². The first kappa shape index (κ1) is 15.5. The van der Waals surface area contributed by atoms with Crippen LogP contribution in [0.15, 0.2) is 41.2 Å². The smallest absolute Gasteiger partial charge is 0.176 e. The molecule has 0 bridgehead atoms. The molecule has 0 spiro atoms. The van der Waals surface area contributed by atoms with Crippen molar-refractivity contribution < 1.29 is 4.39 Å². The highest BCUT2D eigenvalue weighted by Gasteiger charge is 2.16. The largest absolute Gasteiger partial charge is 0.281 e. The Bertz CT molecular complexity index is 746. The van der Waals surface area contributed by atoms with E-state index in [1.165, 1.54) is 0 Å². The molecule has 106 valence electrons. The lowest BCUT2D eigenvalue weighted by Crippen LogP contribution is -2.02. The SMILES string of the molecule is C=Cc1c(C#N)ccc(-n2c(Br)cnc2SCF)c1C=C. The molecule has 2 aromatic rings. The van der Waals surface area contributed by atoms with Gasteiger partial charge in [-0.25, -0.2) is 9.37 Å². The summed E-state index contributed by atoms with van der Waals surface area (Å²) in [7, 11) is 0. The Balaban J connectivity index is 2.76. The van der Waals surface area contributed by atoms with Crippen molar-refractivity contribution in [3.8, 4) is 11.8 Å². The summed E-state index contributed by atoms with van der Waals surface area (Å²) >= 11 is 4.40. The first-order valence-corrected chi connectivity index (χ1v) is 7.70. The van der Waals surface area contributed by atoms with Gasteiger partial charge in [0.2, 0.25) is 0 Å². The van der Waals surface area contributed by atoms with E-state index in [1.807, 2.05) is 0 Å². The Kier molecular flexibility index (Phi) is 4.99. The van der Waals surface area contributed by atoms with Gasteiger partial charge in [-0.2, -0.15) is 5.26 Å². The van der Waals surface area contributed by atoms with Gasteiger partial charge < -0.3 is 0 Å². The maximum atomic E-state index is 12.6. The van der Waals surface area contributed by atoms with Crippen LogP contribution in [0.25, 0.3) is 17.8 Å². The van der Waals surface area contributed by atoms with Gasteiger partial charge in [0.15, 0.2) is 5.16 Å². The van der Waals surface area contributed by atoms with Crippen LogP contribution in [0, 0.1) is 11.3 Å². The first-order chi connectivity index (χ1) is 10.2. The van der Waals surface area contributed by atoms with Crippen LogP contribution in [0.5, 0.6) is 0 Å². The quantitative estimate of drug-likeness (QED) is 0.715. The van der Waals surface area contributed by atoms with Gasteiger partial charge in [-0.15, -0.1) is 0 Å². The molecular formula is C15H11BrFN3S. The molecule has 0 aliphatic rings. The highest BCUT2D eigenvalue weighted by Crippen LogP contribution is 2.31. The molecule has 1 heterocycles. The van der Waals surface area contributed by atoms with Gasteiger partial charge in [-0.3, -0.25) is 4.57 Å². The summed E-state index contributed by atoms with van der Waals surface area (Å²) in [4.78, 5) is 4.17. The Morgan fingerprint density at radius 3 is 2.67 bits per heavy atom. The lowest BCUT2D eigenvalue weighted by atomic mass is 9.99. The second kappa shape index (κ2) is 6.74. The standard InChI is InChI=1S/C15H11BrFN3S/c1-3-11-10(7-18)5-6-13(12(11)4-2)20-14(16)8-19-15(20)21-9-17/h3-6,8H,1-2,9H2. The van der Waals surface area contributed by atoms with Gasteiger partial charge in [0.05, 0.1) is 23.5 Å². The average Bonchev–Trinajstić information content (AvgIpc) is 2.86.